The molecule has 1 heterocycles. The summed E-state index contributed by atoms with van der Waals surface area (Å²) >= 11 is 0. The molecule has 1 N–H and O–H groups in total. The van der Waals surface area contributed by atoms with E-state index in [4.69, 9.17) is 10.6 Å². The summed E-state index contributed by atoms with van der Waals surface area (Å²) in [5.74, 6) is -1.11. The molecule has 1 aromatic carbocycles. The second-order valence-electron chi connectivity index (χ2n) is 4.74. The maximum Gasteiger partial charge on any atom is 0.336 e. The first-order chi connectivity index (χ1) is 9.54. The lowest BCUT2D eigenvalue weighted by Crippen LogP contribution is -2.26. The molecule has 1 unspecified atom stereocenters. The fourth-order valence-electron chi connectivity index (χ4n) is 2.44. The summed E-state index contributed by atoms with van der Waals surface area (Å²) in [5, 5.41) is 12.6. The molecular formula is C13H14N4O3. The van der Waals surface area contributed by atoms with Crippen LogP contribution in [0.1, 0.15) is 22.3 Å². The van der Waals surface area contributed by atoms with Gasteiger partial charge in [-0.2, -0.15) is 0 Å². The molecule has 0 radical (unpaired) electrons. The Hall–Kier alpha value is -2.53. The number of amides is 1. The molecule has 104 valence electrons. The lowest BCUT2D eigenvalue weighted by molar-refractivity contribution is -0.117. The summed E-state index contributed by atoms with van der Waals surface area (Å²) in [7, 11) is 0. The third-order valence-corrected chi connectivity index (χ3v) is 3.43. The third kappa shape index (κ3) is 2.57. The van der Waals surface area contributed by atoms with Gasteiger partial charge in [0.1, 0.15) is 0 Å². The molecule has 2 rings (SSSR count). The zero-order valence-electron chi connectivity index (χ0n) is 11.0. The number of rotatable bonds is 4. The van der Waals surface area contributed by atoms with Gasteiger partial charge < -0.3 is 10.0 Å². The van der Waals surface area contributed by atoms with Gasteiger partial charge in [0.05, 0.1) is 5.56 Å². The average molecular weight is 274 g/mol. The van der Waals surface area contributed by atoms with Crippen molar-refractivity contribution in [2.24, 2.45) is 11.0 Å². The van der Waals surface area contributed by atoms with Gasteiger partial charge in [-0.25, -0.2) is 4.79 Å². The summed E-state index contributed by atoms with van der Waals surface area (Å²) < 4.78 is 0. The van der Waals surface area contributed by atoms with Crippen LogP contribution in [0.2, 0.25) is 0 Å². The number of aromatic carboxylic acids is 1. The Labute approximate surface area is 115 Å². The second kappa shape index (κ2) is 5.63. The van der Waals surface area contributed by atoms with Gasteiger partial charge in [-0.05, 0) is 36.1 Å². The molecule has 0 spiro atoms. The molecule has 1 fully saturated rings. The van der Waals surface area contributed by atoms with E-state index in [-0.39, 0.29) is 23.9 Å². The molecule has 7 nitrogen and oxygen atoms in total. The van der Waals surface area contributed by atoms with E-state index in [1.54, 1.807) is 24.0 Å². The maximum absolute atomic E-state index is 12.0. The molecule has 1 amide bonds. The molecule has 1 aliphatic rings. The zero-order valence-corrected chi connectivity index (χ0v) is 11.0. The highest BCUT2D eigenvalue weighted by Crippen LogP contribution is 2.29. The van der Waals surface area contributed by atoms with Crippen molar-refractivity contribution in [3.8, 4) is 0 Å². The van der Waals surface area contributed by atoms with Crippen LogP contribution in [0.15, 0.2) is 23.3 Å². The van der Waals surface area contributed by atoms with Gasteiger partial charge in [-0.3, -0.25) is 4.79 Å². The second-order valence-corrected chi connectivity index (χ2v) is 4.74. The fourth-order valence-corrected chi connectivity index (χ4v) is 2.44. The van der Waals surface area contributed by atoms with Crippen LogP contribution in [0.4, 0.5) is 5.69 Å². The van der Waals surface area contributed by atoms with E-state index in [0.29, 0.717) is 24.2 Å². The van der Waals surface area contributed by atoms with Crippen LogP contribution < -0.4 is 4.90 Å². The molecule has 20 heavy (non-hydrogen) atoms. The minimum atomic E-state index is -1.01. The van der Waals surface area contributed by atoms with Crippen LogP contribution in [0.5, 0.6) is 0 Å². The van der Waals surface area contributed by atoms with Crippen molar-refractivity contribution in [2.75, 3.05) is 18.0 Å². The van der Waals surface area contributed by atoms with Gasteiger partial charge in [-0.1, -0.05) is 11.2 Å². The minimum Gasteiger partial charge on any atom is -0.478 e. The van der Waals surface area contributed by atoms with Crippen molar-refractivity contribution < 1.29 is 14.7 Å². The van der Waals surface area contributed by atoms with Crippen molar-refractivity contribution in [3.63, 3.8) is 0 Å². The lowest BCUT2D eigenvalue weighted by atomic mass is 10.1. The standard InChI is InChI=1S/C13H14N4O3/c1-8-10(13(19)20)3-2-4-11(8)17-7-9(5-12(17)18)6-15-16-14/h2-4,9H,5-7H2,1H3,(H,19,20). The molecular weight excluding hydrogens is 260 g/mol. The van der Waals surface area contributed by atoms with Crippen molar-refractivity contribution >= 4 is 17.6 Å². The van der Waals surface area contributed by atoms with Gasteiger partial charge in [0.15, 0.2) is 0 Å². The Balaban J connectivity index is 2.28. The van der Waals surface area contributed by atoms with Gasteiger partial charge in [0, 0.05) is 30.1 Å². The van der Waals surface area contributed by atoms with E-state index in [1.165, 1.54) is 6.07 Å². The molecule has 1 aromatic rings. The van der Waals surface area contributed by atoms with Crippen LogP contribution >= 0.6 is 0 Å². The third-order valence-electron chi connectivity index (χ3n) is 3.43. The minimum absolute atomic E-state index is 0.0220. The number of carboxylic acids is 1. The summed E-state index contributed by atoms with van der Waals surface area (Å²) in [6.07, 6.45) is 0.315. The lowest BCUT2D eigenvalue weighted by Gasteiger charge is -2.20. The van der Waals surface area contributed by atoms with E-state index >= 15 is 0 Å². The molecule has 1 aliphatic heterocycles. The van der Waals surface area contributed by atoms with Crippen LogP contribution in [0.25, 0.3) is 10.4 Å². The Morgan fingerprint density at radius 2 is 2.35 bits per heavy atom. The Bertz CT molecular complexity index is 608. The smallest absolute Gasteiger partial charge is 0.336 e. The first-order valence-electron chi connectivity index (χ1n) is 6.18. The highest BCUT2D eigenvalue weighted by molar-refractivity contribution is 5.99. The normalized spacial score (nSPS) is 17.9. The number of benzene rings is 1. The quantitative estimate of drug-likeness (QED) is 0.517. The number of carboxylic acid groups (broad SMARTS) is 1. The zero-order chi connectivity index (χ0) is 14.7. The maximum atomic E-state index is 12.0. The predicted molar refractivity (Wildman–Crippen MR) is 72.6 cm³/mol. The van der Waals surface area contributed by atoms with Crippen molar-refractivity contribution in [2.45, 2.75) is 13.3 Å². The number of anilines is 1. The van der Waals surface area contributed by atoms with Gasteiger partial charge in [-0.15, -0.1) is 0 Å². The Kier molecular flexibility index (Phi) is 3.91. The van der Waals surface area contributed by atoms with Gasteiger partial charge >= 0.3 is 5.97 Å². The van der Waals surface area contributed by atoms with Crippen molar-refractivity contribution in [1.29, 1.82) is 0 Å². The van der Waals surface area contributed by atoms with Crippen LogP contribution in [-0.4, -0.2) is 30.1 Å². The summed E-state index contributed by atoms with van der Waals surface area (Å²) in [6.45, 7) is 2.41. The van der Waals surface area contributed by atoms with Crippen LogP contribution in [0, 0.1) is 12.8 Å². The van der Waals surface area contributed by atoms with Crippen molar-refractivity contribution in [1.82, 2.24) is 0 Å². The number of carbonyl (C=O) groups is 2. The molecule has 7 heteroatoms. The SMILES string of the molecule is Cc1c(C(=O)O)cccc1N1CC(CN=[N+]=[N-])CC1=O. The largest absolute Gasteiger partial charge is 0.478 e. The summed E-state index contributed by atoms with van der Waals surface area (Å²) in [5.41, 5.74) is 9.68. The predicted octanol–water partition coefficient (Wildman–Crippen LogP) is 2.36. The fraction of sp³-hybridized carbons (Fsp3) is 0.385. The first-order valence-corrected chi connectivity index (χ1v) is 6.18. The van der Waals surface area contributed by atoms with Crippen LogP contribution in [-0.2, 0) is 4.79 Å². The topological polar surface area (TPSA) is 106 Å². The molecule has 0 aliphatic carbocycles. The molecule has 0 bridgehead atoms. The summed E-state index contributed by atoms with van der Waals surface area (Å²) in [4.78, 5) is 27.4. The number of azide groups is 1. The van der Waals surface area contributed by atoms with E-state index < -0.39 is 5.97 Å². The summed E-state index contributed by atoms with van der Waals surface area (Å²) in [6, 6.07) is 4.87. The number of hydrogen-bond donors (Lipinski definition) is 1. The molecule has 0 aromatic heterocycles. The van der Waals surface area contributed by atoms with E-state index in [2.05, 4.69) is 10.0 Å². The average Bonchev–Trinajstić information content (AvgIpc) is 2.77. The van der Waals surface area contributed by atoms with Gasteiger partial charge in [0.25, 0.3) is 0 Å². The van der Waals surface area contributed by atoms with Crippen molar-refractivity contribution in [3.05, 3.63) is 39.8 Å². The van der Waals surface area contributed by atoms with E-state index in [0.717, 1.165) is 0 Å². The van der Waals surface area contributed by atoms with Crippen LogP contribution in [0.3, 0.4) is 0 Å². The highest BCUT2D eigenvalue weighted by atomic mass is 16.4. The number of carbonyl (C=O) groups excluding carboxylic acids is 1. The van der Waals surface area contributed by atoms with E-state index in [1.807, 2.05) is 0 Å². The molecule has 0 saturated carbocycles. The molecule has 1 saturated heterocycles. The first kappa shape index (κ1) is 13.9. The van der Waals surface area contributed by atoms with Gasteiger partial charge in [0.2, 0.25) is 5.91 Å². The number of hydrogen-bond acceptors (Lipinski definition) is 3. The van der Waals surface area contributed by atoms with E-state index in [9.17, 15) is 9.59 Å². The Morgan fingerprint density at radius 3 is 3.00 bits per heavy atom. The number of nitrogens with zero attached hydrogens (tertiary/aromatic N) is 4. The highest BCUT2D eigenvalue weighted by Gasteiger charge is 2.31. The Morgan fingerprint density at radius 1 is 1.60 bits per heavy atom. The molecule has 1 atom stereocenters. The monoisotopic (exact) mass is 274 g/mol.